The number of aromatic amines is 1. The van der Waals surface area contributed by atoms with E-state index in [0.717, 1.165) is 10.0 Å². The minimum Gasteiger partial charge on any atom is -0.319 e. The lowest BCUT2D eigenvalue weighted by Crippen LogP contribution is -2.11. The number of hydrogen-bond donors (Lipinski definition) is 2. The zero-order valence-corrected chi connectivity index (χ0v) is 10.2. The number of nitrogens with zero attached hydrogens (tertiary/aromatic N) is 1. The number of nitrogens with one attached hydrogen (secondary N) is 2. The topological polar surface area (TPSA) is 57.8 Å². The molecular weight excluding hydrogens is 270 g/mol. The average molecular weight is 280 g/mol. The fourth-order valence-electron chi connectivity index (χ4n) is 1.26. The van der Waals surface area contributed by atoms with Crippen LogP contribution in [0, 0.1) is 6.92 Å². The van der Waals surface area contributed by atoms with E-state index >= 15 is 0 Å². The largest absolute Gasteiger partial charge is 0.319 e. The highest BCUT2D eigenvalue weighted by Crippen LogP contribution is 2.18. The van der Waals surface area contributed by atoms with Gasteiger partial charge >= 0.3 is 0 Å². The molecule has 0 bridgehead atoms. The van der Waals surface area contributed by atoms with Gasteiger partial charge in [-0.25, -0.2) is 0 Å². The van der Waals surface area contributed by atoms with Crippen molar-refractivity contribution in [3.63, 3.8) is 0 Å². The third kappa shape index (κ3) is 2.30. The van der Waals surface area contributed by atoms with Gasteiger partial charge in [-0.05, 0) is 24.6 Å². The van der Waals surface area contributed by atoms with Crippen LogP contribution in [0.2, 0.25) is 0 Å². The minimum atomic E-state index is -0.151. The third-order valence-electron chi connectivity index (χ3n) is 2.19. The summed E-state index contributed by atoms with van der Waals surface area (Å²) in [6.07, 6.45) is 3.18. The molecule has 0 aliphatic rings. The second-order valence-electron chi connectivity index (χ2n) is 3.41. The molecule has 0 saturated carbocycles. The zero-order valence-electron chi connectivity index (χ0n) is 8.62. The van der Waals surface area contributed by atoms with Crippen LogP contribution in [0.3, 0.4) is 0 Å². The summed E-state index contributed by atoms with van der Waals surface area (Å²) in [6, 6.07) is 5.48. The Morgan fingerprint density at radius 2 is 2.31 bits per heavy atom. The van der Waals surface area contributed by atoms with Gasteiger partial charge in [0.15, 0.2) is 0 Å². The lowest BCUT2D eigenvalue weighted by atomic mass is 10.1. The highest BCUT2D eigenvalue weighted by molar-refractivity contribution is 9.10. The molecule has 82 valence electrons. The minimum absolute atomic E-state index is 0.151. The summed E-state index contributed by atoms with van der Waals surface area (Å²) in [6.45, 7) is 1.97. The number of amides is 1. The van der Waals surface area contributed by atoms with Gasteiger partial charge in [0.25, 0.3) is 5.91 Å². The van der Waals surface area contributed by atoms with E-state index in [9.17, 15) is 4.79 Å². The van der Waals surface area contributed by atoms with Gasteiger partial charge < -0.3 is 5.32 Å². The van der Waals surface area contributed by atoms with Crippen molar-refractivity contribution in [3.05, 3.63) is 46.2 Å². The highest BCUT2D eigenvalue weighted by atomic mass is 79.9. The van der Waals surface area contributed by atoms with E-state index in [1.807, 2.05) is 13.0 Å². The smallest absolute Gasteiger partial charge is 0.255 e. The van der Waals surface area contributed by atoms with Gasteiger partial charge in [0.2, 0.25) is 0 Å². The summed E-state index contributed by atoms with van der Waals surface area (Å²) in [7, 11) is 0. The van der Waals surface area contributed by atoms with Crippen LogP contribution in [0.15, 0.2) is 35.1 Å². The molecule has 1 aromatic carbocycles. The Kier molecular flexibility index (Phi) is 3.05. The summed E-state index contributed by atoms with van der Waals surface area (Å²) in [5.74, 6) is -0.151. The maximum atomic E-state index is 11.8. The molecule has 4 nitrogen and oxygen atoms in total. The summed E-state index contributed by atoms with van der Waals surface area (Å²) in [5.41, 5.74) is 2.36. The predicted octanol–water partition coefficient (Wildman–Crippen LogP) is 2.73. The van der Waals surface area contributed by atoms with Crippen LogP contribution in [-0.2, 0) is 0 Å². The van der Waals surface area contributed by atoms with E-state index in [2.05, 4.69) is 31.4 Å². The van der Waals surface area contributed by atoms with Crippen molar-refractivity contribution in [1.82, 2.24) is 10.2 Å². The van der Waals surface area contributed by atoms with Crippen molar-refractivity contribution in [2.45, 2.75) is 6.92 Å². The van der Waals surface area contributed by atoms with Crippen LogP contribution < -0.4 is 5.32 Å². The van der Waals surface area contributed by atoms with Crippen LogP contribution in [0.5, 0.6) is 0 Å². The van der Waals surface area contributed by atoms with E-state index in [4.69, 9.17) is 0 Å². The molecule has 0 aliphatic heterocycles. The van der Waals surface area contributed by atoms with E-state index in [1.54, 1.807) is 24.5 Å². The molecule has 0 saturated heterocycles. The maximum Gasteiger partial charge on any atom is 0.255 e. The van der Waals surface area contributed by atoms with Crippen LogP contribution in [0.1, 0.15) is 15.9 Å². The van der Waals surface area contributed by atoms with Crippen LogP contribution in [0.4, 0.5) is 5.69 Å². The molecule has 0 fully saturated rings. The number of halogens is 1. The Morgan fingerprint density at radius 1 is 1.50 bits per heavy atom. The van der Waals surface area contributed by atoms with E-state index < -0.39 is 0 Å². The molecule has 2 N–H and O–H groups in total. The Labute approximate surface area is 101 Å². The van der Waals surface area contributed by atoms with Crippen molar-refractivity contribution in [2.75, 3.05) is 5.32 Å². The average Bonchev–Trinajstić information content (AvgIpc) is 2.74. The molecule has 1 heterocycles. The molecule has 1 aromatic heterocycles. The van der Waals surface area contributed by atoms with Gasteiger partial charge in [-0.2, -0.15) is 5.10 Å². The van der Waals surface area contributed by atoms with E-state index in [1.165, 1.54) is 0 Å². The molecule has 0 atom stereocenters. The Balaban J connectivity index is 2.18. The van der Waals surface area contributed by atoms with Crippen molar-refractivity contribution in [3.8, 4) is 0 Å². The number of benzene rings is 1. The zero-order chi connectivity index (χ0) is 11.5. The summed E-state index contributed by atoms with van der Waals surface area (Å²) in [4.78, 5) is 11.8. The quantitative estimate of drug-likeness (QED) is 0.888. The first kappa shape index (κ1) is 10.9. The summed E-state index contributed by atoms with van der Waals surface area (Å²) >= 11 is 3.39. The predicted molar refractivity (Wildman–Crippen MR) is 65.4 cm³/mol. The molecule has 16 heavy (non-hydrogen) atoms. The number of aryl methyl sites for hydroxylation is 1. The molecule has 0 spiro atoms. The maximum absolute atomic E-state index is 11.8. The lowest BCUT2D eigenvalue weighted by Gasteiger charge is -2.04. The second-order valence-corrected chi connectivity index (χ2v) is 4.26. The highest BCUT2D eigenvalue weighted by Gasteiger charge is 2.07. The molecule has 2 rings (SSSR count). The van der Waals surface area contributed by atoms with Gasteiger partial charge in [-0.3, -0.25) is 9.89 Å². The fraction of sp³-hybridized carbons (Fsp3) is 0.0909. The number of carbonyl (C=O) groups excluding carboxylic acids is 1. The molecule has 0 unspecified atom stereocenters. The van der Waals surface area contributed by atoms with Crippen molar-refractivity contribution < 1.29 is 4.79 Å². The van der Waals surface area contributed by atoms with Gasteiger partial charge in [-0.15, -0.1) is 0 Å². The number of aromatic nitrogens is 2. The number of anilines is 1. The Hall–Kier alpha value is -1.62. The van der Waals surface area contributed by atoms with E-state index in [0.29, 0.717) is 11.3 Å². The SMILES string of the molecule is Cc1ccc(C(=O)Nc2cn[nH]c2)cc1Br. The third-order valence-corrected chi connectivity index (χ3v) is 3.04. The fourth-order valence-corrected chi connectivity index (χ4v) is 1.64. The molecule has 1 amide bonds. The number of hydrogen-bond acceptors (Lipinski definition) is 2. The van der Waals surface area contributed by atoms with Crippen molar-refractivity contribution >= 4 is 27.5 Å². The molecule has 5 heteroatoms. The first-order chi connectivity index (χ1) is 7.66. The number of rotatable bonds is 2. The first-order valence-electron chi connectivity index (χ1n) is 4.73. The lowest BCUT2D eigenvalue weighted by molar-refractivity contribution is 0.102. The number of carbonyl (C=O) groups is 1. The molecule has 0 radical (unpaired) electrons. The molecule has 2 aromatic rings. The van der Waals surface area contributed by atoms with Gasteiger partial charge in [-0.1, -0.05) is 22.0 Å². The van der Waals surface area contributed by atoms with Crippen molar-refractivity contribution in [2.24, 2.45) is 0 Å². The van der Waals surface area contributed by atoms with Gasteiger partial charge in [0.1, 0.15) is 0 Å². The Bertz CT molecular complexity index is 508. The van der Waals surface area contributed by atoms with Crippen LogP contribution in [-0.4, -0.2) is 16.1 Å². The van der Waals surface area contributed by atoms with Crippen LogP contribution in [0.25, 0.3) is 0 Å². The van der Waals surface area contributed by atoms with E-state index in [-0.39, 0.29) is 5.91 Å². The normalized spacial score (nSPS) is 10.1. The Morgan fingerprint density at radius 3 is 2.94 bits per heavy atom. The van der Waals surface area contributed by atoms with Gasteiger partial charge in [0.05, 0.1) is 11.9 Å². The standard InChI is InChI=1S/C11H10BrN3O/c1-7-2-3-8(4-10(7)12)11(16)15-9-5-13-14-6-9/h2-6H,1H3,(H,13,14)(H,15,16). The summed E-state index contributed by atoms with van der Waals surface area (Å²) in [5, 5.41) is 9.12. The first-order valence-corrected chi connectivity index (χ1v) is 5.52. The van der Waals surface area contributed by atoms with Crippen LogP contribution >= 0.6 is 15.9 Å². The second kappa shape index (κ2) is 4.49. The number of H-pyrrole nitrogens is 1. The van der Waals surface area contributed by atoms with Crippen molar-refractivity contribution in [1.29, 1.82) is 0 Å². The summed E-state index contributed by atoms with van der Waals surface area (Å²) < 4.78 is 0.923. The molecular formula is C11H10BrN3O. The monoisotopic (exact) mass is 279 g/mol. The molecule has 0 aliphatic carbocycles. The van der Waals surface area contributed by atoms with Gasteiger partial charge in [0, 0.05) is 16.2 Å².